The maximum absolute atomic E-state index is 11.5. The maximum Gasteiger partial charge on any atom is 0.338 e. The Morgan fingerprint density at radius 1 is 1.19 bits per heavy atom. The Hall–Kier alpha value is -1.55. The summed E-state index contributed by atoms with van der Waals surface area (Å²) in [7, 11) is 1.58. The number of esters is 1. The fraction of sp³-hybridized carbons (Fsp3) is 0.417. The smallest absolute Gasteiger partial charge is 0.338 e. The third kappa shape index (κ3) is 3.90. The van der Waals surface area contributed by atoms with E-state index >= 15 is 0 Å². The molecule has 0 aliphatic rings. The molecule has 0 saturated heterocycles. The molecule has 0 aliphatic heterocycles. The third-order valence-electron chi connectivity index (χ3n) is 1.99. The first-order valence-electron chi connectivity index (χ1n) is 5.17. The van der Waals surface area contributed by atoms with Crippen molar-refractivity contribution in [2.24, 2.45) is 0 Å². The number of hydrogen-bond donors (Lipinski definition) is 0. The first kappa shape index (κ1) is 12.5. The number of ether oxygens (including phenoxy) is 3. The number of benzene rings is 1. The lowest BCUT2D eigenvalue weighted by Gasteiger charge is -2.05. The average molecular weight is 224 g/mol. The van der Waals surface area contributed by atoms with Crippen LogP contribution in [-0.4, -0.2) is 32.9 Å². The van der Waals surface area contributed by atoms with Crippen LogP contribution in [0.3, 0.4) is 0 Å². The lowest BCUT2D eigenvalue weighted by atomic mass is 10.2. The summed E-state index contributed by atoms with van der Waals surface area (Å²) in [6.45, 7) is 3.22. The summed E-state index contributed by atoms with van der Waals surface area (Å²) in [6, 6.07) is 6.78. The highest BCUT2D eigenvalue weighted by Gasteiger charge is 2.06. The van der Waals surface area contributed by atoms with E-state index in [-0.39, 0.29) is 12.6 Å². The largest absolute Gasteiger partial charge is 0.497 e. The molecule has 4 nitrogen and oxygen atoms in total. The highest BCUT2D eigenvalue weighted by molar-refractivity contribution is 5.89. The van der Waals surface area contributed by atoms with Crippen LogP contribution < -0.4 is 4.74 Å². The van der Waals surface area contributed by atoms with E-state index in [0.717, 1.165) is 0 Å². The third-order valence-corrected chi connectivity index (χ3v) is 1.99. The standard InChI is InChI=1S/C12H16O4/c1-3-15-8-9-16-12(13)10-4-6-11(14-2)7-5-10/h4-7H,3,8-9H2,1-2H3. The van der Waals surface area contributed by atoms with Crippen LogP contribution in [0.1, 0.15) is 17.3 Å². The van der Waals surface area contributed by atoms with Crippen LogP contribution >= 0.6 is 0 Å². The Balaban J connectivity index is 2.40. The predicted octanol–water partition coefficient (Wildman–Crippen LogP) is 1.89. The zero-order valence-corrected chi connectivity index (χ0v) is 9.56. The Labute approximate surface area is 95.1 Å². The number of carbonyl (C=O) groups is 1. The van der Waals surface area contributed by atoms with Crippen molar-refractivity contribution < 1.29 is 19.0 Å². The van der Waals surface area contributed by atoms with Gasteiger partial charge in [-0.1, -0.05) is 0 Å². The van der Waals surface area contributed by atoms with Gasteiger partial charge in [-0.05, 0) is 31.2 Å². The lowest BCUT2D eigenvalue weighted by Crippen LogP contribution is -2.10. The summed E-state index contributed by atoms with van der Waals surface area (Å²) in [6.07, 6.45) is 0. The molecule has 0 unspecified atom stereocenters. The molecule has 0 radical (unpaired) electrons. The minimum Gasteiger partial charge on any atom is -0.497 e. The van der Waals surface area contributed by atoms with Crippen molar-refractivity contribution in [3.8, 4) is 5.75 Å². The van der Waals surface area contributed by atoms with Crippen LogP contribution in [0.4, 0.5) is 0 Å². The van der Waals surface area contributed by atoms with Crippen molar-refractivity contribution in [1.82, 2.24) is 0 Å². The molecule has 0 saturated carbocycles. The summed E-state index contributed by atoms with van der Waals surface area (Å²) in [5.41, 5.74) is 0.511. The normalized spacial score (nSPS) is 9.88. The first-order chi connectivity index (χ1) is 7.77. The summed E-state index contributed by atoms with van der Waals surface area (Å²) >= 11 is 0. The zero-order valence-electron chi connectivity index (χ0n) is 9.56. The van der Waals surface area contributed by atoms with Crippen molar-refractivity contribution in [2.45, 2.75) is 6.92 Å². The van der Waals surface area contributed by atoms with Gasteiger partial charge in [0.2, 0.25) is 0 Å². The molecule has 4 heteroatoms. The number of rotatable bonds is 6. The van der Waals surface area contributed by atoms with E-state index in [1.54, 1.807) is 31.4 Å². The Morgan fingerprint density at radius 3 is 2.44 bits per heavy atom. The molecule has 0 N–H and O–H groups in total. The van der Waals surface area contributed by atoms with Gasteiger partial charge in [0.1, 0.15) is 12.4 Å². The second-order valence-electron chi connectivity index (χ2n) is 3.06. The second-order valence-corrected chi connectivity index (χ2v) is 3.06. The van der Waals surface area contributed by atoms with E-state index < -0.39 is 0 Å². The molecule has 1 rings (SSSR count). The van der Waals surface area contributed by atoms with Crippen LogP contribution in [0.5, 0.6) is 5.75 Å². The summed E-state index contributed by atoms with van der Waals surface area (Å²) in [5, 5.41) is 0. The quantitative estimate of drug-likeness (QED) is 0.546. The predicted molar refractivity (Wildman–Crippen MR) is 59.8 cm³/mol. The van der Waals surface area contributed by atoms with Crippen molar-refractivity contribution in [2.75, 3.05) is 26.9 Å². The van der Waals surface area contributed by atoms with Gasteiger partial charge in [-0.15, -0.1) is 0 Å². The summed E-state index contributed by atoms with van der Waals surface area (Å²) in [5.74, 6) is 0.369. The van der Waals surface area contributed by atoms with Crippen molar-refractivity contribution in [3.05, 3.63) is 29.8 Å². The molecule has 0 aromatic heterocycles. The van der Waals surface area contributed by atoms with E-state index in [1.807, 2.05) is 6.92 Å². The van der Waals surface area contributed by atoms with Gasteiger partial charge in [0, 0.05) is 6.61 Å². The monoisotopic (exact) mass is 224 g/mol. The maximum atomic E-state index is 11.5. The Morgan fingerprint density at radius 2 is 1.88 bits per heavy atom. The molecule has 0 atom stereocenters. The Bertz CT molecular complexity index is 318. The summed E-state index contributed by atoms with van der Waals surface area (Å²) < 4.78 is 15.0. The minimum absolute atomic E-state index is 0.276. The van der Waals surface area contributed by atoms with Gasteiger partial charge in [-0.25, -0.2) is 4.79 Å². The van der Waals surface area contributed by atoms with E-state index in [4.69, 9.17) is 14.2 Å². The van der Waals surface area contributed by atoms with Crippen LogP contribution in [0.25, 0.3) is 0 Å². The second kappa shape index (κ2) is 6.85. The van der Waals surface area contributed by atoms with E-state index in [9.17, 15) is 4.79 Å². The van der Waals surface area contributed by atoms with Gasteiger partial charge in [0.25, 0.3) is 0 Å². The zero-order chi connectivity index (χ0) is 11.8. The van der Waals surface area contributed by atoms with Gasteiger partial charge in [0.15, 0.2) is 0 Å². The highest BCUT2D eigenvalue weighted by Crippen LogP contribution is 2.11. The molecular formula is C12H16O4. The van der Waals surface area contributed by atoms with E-state index in [2.05, 4.69) is 0 Å². The molecule has 1 aromatic carbocycles. The molecule has 0 amide bonds. The van der Waals surface area contributed by atoms with Crippen LogP contribution in [0, 0.1) is 0 Å². The fourth-order valence-corrected chi connectivity index (χ4v) is 1.15. The number of methoxy groups -OCH3 is 1. The van der Waals surface area contributed by atoms with Crippen LogP contribution in [0.2, 0.25) is 0 Å². The molecule has 0 fully saturated rings. The van der Waals surface area contributed by atoms with Crippen molar-refractivity contribution in [1.29, 1.82) is 0 Å². The fourth-order valence-electron chi connectivity index (χ4n) is 1.15. The van der Waals surface area contributed by atoms with E-state index in [1.165, 1.54) is 0 Å². The molecular weight excluding hydrogens is 208 g/mol. The van der Waals surface area contributed by atoms with Gasteiger partial charge >= 0.3 is 5.97 Å². The van der Waals surface area contributed by atoms with Crippen LogP contribution in [-0.2, 0) is 9.47 Å². The SMILES string of the molecule is CCOCCOC(=O)c1ccc(OC)cc1. The van der Waals surface area contributed by atoms with Crippen LogP contribution in [0.15, 0.2) is 24.3 Å². The lowest BCUT2D eigenvalue weighted by molar-refractivity contribution is 0.0335. The number of hydrogen-bond acceptors (Lipinski definition) is 4. The molecule has 0 heterocycles. The molecule has 0 spiro atoms. The van der Waals surface area contributed by atoms with Gasteiger partial charge < -0.3 is 14.2 Å². The topological polar surface area (TPSA) is 44.8 Å². The summed E-state index contributed by atoms with van der Waals surface area (Å²) in [4.78, 5) is 11.5. The molecule has 16 heavy (non-hydrogen) atoms. The Kier molecular flexibility index (Phi) is 5.36. The average Bonchev–Trinajstić information content (AvgIpc) is 2.34. The van der Waals surface area contributed by atoms with Gasteiger partial charge in [-0.2, -0.15) is 0 Å². The van der Waals surface area contributed by atoms with Crippen molar-refractivity contribution in [3.63, 3.8) is 0 Å². The van der Waals surface area contributed by atoms with Gasteiger partial charge in [0.05, 0.1) is 19.3 Å². The molecule has 0 bridgehead atoms. The molecule has 1 aromatic rings. The first-order valence-corrected chi connectivity index (χ1v) is 5.17. The number of carbonyl (C=O) groups excluding carboxylic acids is 1. The highest BCUT2D eigenvalue weighted by atomic mass is 16.6. The molecule has 88 valence electrons. The molecule has 0 aliphatic carbocycles. The van der Waals surface area contributed by atoms with E-state index in [0.29, 0.717) is 24.5 Å². The minimum atomic E-state index is -0.345. The van der Waals surface area contributed by atoms with Gasteiger partial charge in [-0.3, -0.25) is 0 Å². The van der Waals surface area contributed by atoms with Crippen molar-refractivity contribution >= 4 is 5.97 Å².